The molecule has 0 aromatic heterocycles. The quantitative estimate of drug-likeness (QED) is 0.773. The molecule has 142 valence electrons. The summed E-state index contributed by atoms with van der Waals surface area (Å²) >= 11 is 0. The molecule has 0 bridgehead atoms. The molecule has 2 rings (SSSR count). The third kappa shape index (κ3) is 5.99. The van der Waals surface area contributed by atoms with Crippen LogP contribution in [0.2, 0.25) is 0 Å². The van der Waals surface area contributed by atoms with Gasteiger partial charge in [0.25, 0.3) is 0 Å². The number of benzene rings is 2. The van der Waals surface area contributed by atoms with E-state index in [1.807, 2.05) is 32.0 Å². The first-order valence-corrected chi connectivity index (χ1v) is 8.16. The van der Waals surface area contributed by atoms with Gasteiger partial charge in [-0.25, -0.2) is 0 Å². The molecule has 0 aliphatic carbocycles. The number of amides is 2. The van der Waals surface area contributed by atoms with Crippen molar-refractivity contribution in [2.75, 3.05) is 11.9 Å². The van der Waals surface area contributed by atoms with Gasteiger partial charge in [-0.2, -0.15) is 13.2 Å². The maximum absolute atomic E-state index is 12.7. The molecule has 0 saturated heterocycles. The molecular formula is C20H19F3N2O2. The largest absolute Gasteiger partial charge is 0.416 e. The van der Waals surface area contributed by atoms with Gasteiger partial charge in [-0.3, -0.25) is 9.59 Å². The van der Waals surface area contributed by atoms with Gasteiger partial charge in [-0.15, -0.1) is 0 Å². The van der Waals surface area contributed by atoms with Crippen molar-refractivity contribution in [3.05, 3.63) is 70.8 Å². The lowest BCUT2D eigenvalue weighted by Crippen LogP contribution is -2.32. The van der Waals surface area contributed by atoms with Crippen LogP contribution in [0.3, 0.4) is 0 Å². The van der Waals surface area contributed by atoms with E-state index in [-0.39, 0.29) is 12.1 Å². The average molecular weight is 376 g/mol. The SMILES string of the molecule is Cc1cccc(C)c1NC(=O)CNC(=O)/C=C/c1cccc(C(F)(F)F)c1. The molecule has 0 saturated carbocycles. The maximum Gasteiger partial charge on any atom is 0.416 e. The van der Waals surface area contributed by atoms with Gasteiger partial charge in [0.2, 0.25) is 11.8 Å². The Balaban J connectivity index is 1.91. The predicted molar refractivity (Wildman–Crippen MR) is 98.0 cm³/mol. The van der Waals surface area contributed by atoms with Crippen molar-refractivity contribution in [2.45, 2.75) is 20.0 Å². The Morgan fingerprint density at radius 3 is 2.30 bits per heavy atom. The third-order valence-electron chi connectivity index (χ3n) is 3.81. The average Bonchev–Trinajstić information content (AvgIpc) is 2.61. The molecule has 0 aliphatic heterocycles. The number of nitrogens with one attached hydrogen (secondary N) is 2. The Morgan fingerprint density at radius 1 is 1.04 bits per heavy atom. The minimum atomic E-state index is -4.45. The Labute approximate surface area is 155 Å². The van der Waals surface area contributed by atoms with E-state index in [0.29, 0.717) is 5.69 Å². The number of rotatable bonds is 5. The van der Waals surface area contributed by atoms with Crippen molar-refractivity contribution in [1.82, 2.24) is 5.32 Å². The van der Waals surface area contributed by atoms with Crippen molar-refractivity contribution in [3.8, 4) is 0 Å². The van der Waals surface area contributed by atoms with Crippen LogP contribution in [0.25, 0.3) is 6.08 Å². The molecule has 0 aliphatic rings. The highest BCUT2D eigenvalue weighted by Gasteiger charge is 2.30. The van der Waals surface area contributed by atoms with Crippen LogP contribution in [0.15, 0.2) is 48.5 Å². The second-order valence-corrected chi connectivity index (χ2v) is 5.99. The van der Waals surface area contributed by atoms with Crippen molar-refractivity contribution in [2.24, 2.45) is 0 Å². The van der Waals surface area contributed by atoms with Crippen LogP contribution in [0.1, 0.15) is 22.3 Å². The van der Waals surface area contributed by atoms with Crippen molar-refractivity contribution in [3.63, 3.8) is 0 Å². The summed E-state index contributed by atoms with van der Waals surface area (Å²) < 4.78 is 38.0. The van der Waals surface area contributed by atoms with E-state index >= 15 is 0 Å². The summed E-state index contributed by atoms with van der Waals surface area (Å²) in [6.07, 6.45) is -2.10. The van der Waals surface area contributed by atoms with E-state index in [9.17, 15) is 22.8 Å². The van der Waals surface area contributed by atoms with Gasteiger partial charge in [0, 0.05) is 11.8 Å². The third-order valence-corrected chi connectivity index (χ3v) is 3.81. The highest BCUT2D eigenvalue weighted by molar-refractivity contribution is 5.98. The monoisotopic (exact) mass is 376 g/mol. The molecule has 2 aromatic rings. The van der Waals surface area contributed by atoms with Gasteiger partial charge in [0.1, 0.15) is 0 Å². The molecule has 2 aromatic carbocycles. The number of aryl methyl sites for hydroxylation is 2. The van der Waals surface area contributed by atoms with E-state index < -0.39 is 23.6 Å². The first-order chi connectivity index (χ1) is 12.7. The summed E-state index contributed by atoms with van der Waals surface area (Å²) in [4.78, 5) is 23.8. The number of alkyl halides is 3. The molecule has 0 radical (unpaired) electrons. The van der Waals surface area contributed by atoms with E-state index in [2.05, 4.69) is 10.6 Å². The number of hydrogen-bond acceptors (Lipinski definition) is 2. The number of para-hydroxylation sites is 1. The maximum atomic E-state index is 12.7. The molecule has 0 spiro atoms. The van der Waals surface area contributed by atoms with Gasteiger partial charge in [-0.05, 0) is 48.7 Å². The Bertz CT molecular complexity index is 854. The van der Waals surface area contributed by atoms with Gasteiger partial charge in [-0.1, -0.05) is 30.3 Å². The Hall–Kier alpha value is -3.09. The molecule has 0 unspecified atom stereocenters. The number of anilines is 1. The molecule has 27 heavy (non-hydrogen) atoms. The van der Waals surface area contributed by atoms with Crippen LogP contribution in [0.5, 0.6) is 0 Å². The number of carbonyl (C=O) groups is 2. The number of carbonyl (C=O) groups excluding carboxylic acids is 2. The van der Waals surface area contributed by atoms with Crippen LogP contribution in [0, 0.1) is 13.8 Å². The number of hydrogen-bond donors (Lipinski definition) is 2. The van der Waals surface area contributed by atoms with E-state index in [1.165, 1.54) is 18.2 Å². The molecule has 2 N–H and O–H groups in total. The smallest absolute Gasteiger partial charge is 0.343 e. The molecule has 0 fully saturated rings. The lowest BCUT2D eigenvalue weighted by Gasteiger charge is -2.11. The standard InChI is InChI=1S/C20H19F3N2O2/c1-13-5-3-6-14(2)19(13)25-18(27)12-24-17(26)10-9-15-7-4-8-16(11-15)20(21,22)23/h3-11H,12H2,1-2H3,(H,24,26)(H,25,27)/b10-9+. The van der Waals surface area contributed by atoms with Gasteiger partial charge < -0.3 is 10.6 Å². The summed E-state index contributed by atoms with van der Waals surface area (Å²) in [7, 11) is 0. The van der Waals surface area contributed by atoms with Gasteiger partial charge in [0.15, 0.2) is 0 Å². The van der Waals surface area contributed by atoms with Crippen molar-refractivity contribution < 1.29 is 22.8 Å². The molecule has 0 heterocycles. The molecule has 0 atom stereocenters. The zero-order chi connectivity index (χ0) is 20.0. The minimum Gasteiger partial charge on any atom is -0.343 e. The molecule has 4 nitrogen and oxygen atoms in total. The summed E-state index contributed by atoms with van der Waals surface area (Å²) in [5.74, 6) is -0.975. The lowest BCUT2D eigenvalue weighted by molar-refractivity contribution is -0.137. The van der Waals surface area contributed by atoms with Gasteiger partial charge in [0.05, 0.1) is 12.1 Å². The van der Waals surface area contributed by atoms with Gasteiger partial charge >= 0.3 is 6.18 Å². The normalized spacial score (nSPS) is 11.4. The van der Waals surface area contributed by atoms with E-state index in [1.54, 1.807) is 0 Å². The Morgan fingerprint density at radius 2 is 1.67 bits per heavy atom. The zero-order valence-corrected chi connectivity index (χ0v) is 14.9. The summed E-state index contributed by atoms with van der Waals surface area (Å²) in [6, 6.07) is 10.2. The summed E-state index contributed by atoms with van der Waals surface area (Å²) in [5, 5.41) is 5.13. The topological polar surface area (TPSA) is 58.2 Å². The first-order valence-electron chi connectivity index (χ1n) is 8.16. The summed E-state index contributed by atoms with van der Waals surface area (Å²) in [5.41, 5.74) is 1.94. The van der Waals surface area contributed by atoms with E-state index in [0.717, 1.165) is 29.3 Å². The van der Waals surface area contributed by atoms with Crippen LogP contribution in [-0.2, 0) is 15.8 Å². The highest BCUT2D eigenvalue weighted by Crippen LogP contribution is 2.29. The van der Waals surface area contributed by atoms with E-state index in [4.69, 9.17) is 0 Å². The van der Waals surface area contributed by atoms with Crippen molar-refractivity contribution in [1.29, 1.82) is 0 Å². The van der Waals surface area contributed by atoms with Crippen LogP contribution in [-0.4, -0.2) is 18.4 Å². The van der Waals surface area contributed by atoms with Crippen LogP contribution >= 0.6 is 0 Å². The summed E-state index contributed by atoms with van der Waals surface area (Å²) in [6.45, 7) is 3.47. The molecule has 7 heteroatoms. The zero-order valence-electron chi connectivity index (χ0n) is 14.9. The fourth-order valence-electron chi connectivity index (χ4n) is 2.41. The number of halogens is 3. The predicted octanol–water partition coefficient (Wildman–Crippen LogP) is 4.09. The molecular weight excluding hydrogens is 357 g/mol. The Kier molecular flexibility index (Phi) is 6.39. The second kappa shape index (κ2) is 8.53. The molecule has 2 amide bonds. The first kappa shape index (κ1) is 20.2. The lowest BCUT2D eigenvalue weighted by atomic mass is 10.1. The van der Waals surface area contributed by atoms with Crippen LogP contribution < -0.4 is 10.6 Å². The van der Waals surface area contributed by atoms with Crippen LogP contribution in [0.4, 0.5) is 18.9 Å². The fourth-order valence-corrected chi connectivity index (χ4v) is 2.41. The highest BCUT2D eigenvalue weighted by atomic mass is 19.4. The second-order valence-electron chi connectivity index (χ2n) is 5.99. The fraction of sp³-hybridized carbons (Fsp3) is 0.200. The van der Waals surface area contributed by atoms with Crippen molar-refractivity contribution >= 4 is 23.6 Å². The minimum absolute atomic E-state index is 0.236.